The first kappa shape index (κ1) is 20.6. The highest BCUT2D eigenvalue weighted by molar-refractivity contribution is 14.0. The lowest BCUT2D eigenvalue weighted by atomic mass is 9.96. The second kappa shape index (κ2) is 9.38. The van der Waals surface area contributed by atoms with Crippen molar-refractivity contribution in [1.82, 2.24) is 20.5 Å². The Labute approximate surface area is 179 Å². The molecule has 3 aliphatic heterocycles. The van der Waals surface area contributed by atoms with Crippen LogP contribution in [-0.2, 0) is 11.3 Å². The van der Waals surface area contributed by atoms with E-state index >= 15 is 0 Å². The lowest BCUT2D eigenvalue weighted by Crippen LogP contribution is -2.47. The summed E-state index contributed by atoms with van der Waals surface area (Å²) >= 11 is 0. The molecule has 4 heterocycles. The number of aliphatic imine (C=N–C) groups is 1. The first-order valence-electron chi connectivity index (χ1n) is 9.72. The van der Waals surface area contributed by atoms with Crippen molar-refractivity contribution in [3.8, 4) is 0 Å². The molecule has 0 radical (unpaired) electrons. The smallest absolute Gasteiger partial charge is 0.191 e. The number of hydrogen-bond acceptors (Lipinski definition) is 5. The number of hydrogen-bond donors (Lipinski definition) is 2. The zero-order valence-electron chi connectivity index (χ0n) is 16.2. The van der Waals surface area contributed by atoms with Gasteiger partial charge in [0.2, 0.25) is 0 Å². The minimum absolute atomic E-state index is 0. The average Bonchev–Trinajstić information content (AvgIpc) is 3.29. The SMILES string of the molecule is CN=C(NCc1ccnc(N2CCN(C)CC2)c1)NC1CC2CCC1O2.I. The van der Waals surface area contributed by atoms with E-state index in [9.17, 15) is 0 Å². The van der Waals surface area contributed by atoms with Gasteiger partial charge in [-0.05, 0) is 44.0 Å². The van der Waals surface area contributed by atoms with Crippen molar-refractivity contribution in [2.24, 2.45) is 4.99 Å². The fraction of sp³-hybridized carbons (Fsp3) is 0.684. The minimum Gasteiger partial charge on any atom is -0.373 e. The van der Waals surface area contributed by atoms with Gasteiger partial charge in [-0.25, -0.2) is 4.98 Å². The highest BCUT2D eigenvalue weighted by Crippen LogP contribution is 2.34. The Balaban J connectivity index is 0.00000210. The van der Waals surface area contributed by atoms with Crippen LogP contribution in [0.5, 0.6) is 0 Å². The maximum atomic E-state index is 5.92. The molecule has 3 fully saturated rings. The Morgan fingerprint density at radius 3 is 2.78 bits per heavy atom. The van der Waals surface area contributed by atoms with Crippen molar-refractivity contribution in [3.63, 3.8) is 0 Å². The summed E-state index contributed by atoms with van der Waals surface area (Å²) in [6.07, 6.45) is 6.17. The van der Waals surface area contributed by atoms with Gasteiger partial charge in [0, 0.05) is 46.0 Å². The molecule has 1 aromatic rings. The predicted octanol–water partition coefficient (Wildman–Crippen LogP) is 1.44. The zero-order valence-corrected chi connectivity index (χ0v) is 18.6. The molecule has 3 atom stereocenters. The first-order chi connectivity index (χ1) is 12.7. The van der Waals surface area contributed by atoms with Crippen LogP contribution in [0.15, 0.2) is 23.3 Å². The molecule has 2 bridgehead atoms. The van der Waals surface area contributed by atoms with Gasteiger partial charge in [0.15, 0.2) is 5.96 Å². The maximum absolute atomic E-state index is 5.92. The van der Waals surface area contributed by atoms with Gasteiger partial charge in [0.05, 0.1) is 18.2 Å². The molecular formula is C19H31IN6O. The Morgan fingerprint density at radius 1 is 1.30 bits per heavy atom. The third kappa shape index (κ3) is 5.03. The fourth-order valence-corrected chi connectivity index (χ4v) is 4.12. The standard InChI is InChI=1S/C19H30N6O.HI/c1-20-19(23-16-12-15-3-4-17(16)26-15)22-13-14-5-6-21-18(11-14)25-9-7-24(2)8-10-25;/h5-6,11,15-17H,3-4,7-10,12-13H2,1-2H3,(H2,20,22,23);1H. The van der Waals surface area contributed by atoms with Crippen molar-refractivity contribution < 1.29 is 4.74 Å². The van der Waals surface area contributed by atoms with Crippen molar-refractivity contribution in [3.05, 3.63) is 23.9 Å². The molecule has 150 valence electrons. The summed E-state index contributed by atoms with van der Waals surface area (Å²) < 4.78 is 5.92. The number of piperazine rings is 1. The summed E-state index contributed by atoms with van der Waals surface area (Å²) in [7, 11) is 4.00. The molecule has 0 saturated carbocycles. The van der Waals surface area contributed by atoms with Crippen LogP contribution in [0.1, 0.15) is 24.8 Å². The summed E-state index contributed by atoms with van der Waals surface area (Å²) in [4.78, 5) is 13.7. The molecule has 0 amide bonds. The van der Waals surface area contributed by atoms with E-state index in [1.807, 2.05) is 13.2 Å². The van der Waals surface area contributed by atoms with Crippen molar-refractivity contribution >= 4 is 35.8 Å². The molecule has 0 aliphatic carbocycles. The number of guanidine groups is 1. The largest absolute Gasteiger partial charge is 0.373 e. The van der Waals surface area contributed by atoms with Gasteiger partial charge in [-0.15, -0.1) is 24.0 Å². The van der Waals surface area contributed by atoms with E-state index in [-0.39, 0.29) is 24.0 Å². The molecule has 0 spiro atoms. The van der Waals surface area contributed by atoms with Gasteiger partial charge in [-0.1, -0.05) is 0 Å². The number of nitrogens with zero attached hydrogens (tertiary/aromatic N) is 4. The molecule has 1 aromatic heterocycles. The van der Waals surface area contributed by atoms with Crippen LogP contribution in [0.2, 0.25) is 0 Å². The van der Waals surface area contributed by atoms with Crippen LogP contribution in [0.25, 0.3) is 0 Å². The molecule has 7 nitrogen and oxygen atoms in total. The van der Waals surface area contributed by atoms with E-state index in [0.717, 1.165) is 57.3 Å². The van der Waals surface area contributed by atoms with E-state index in [2.05, 4.69) is 49.6 Å². The topological polar surface area (TPSA) is 65.0 Å². The van der Waals surface area contributed by atoms with E-state index < -0.39 is 0 Å². The van der Waals surface area contributed by atoms with Crippen LogP contribution in [0, 0.1) is 0 Å². The Kier molecular flexibility index (Phi) is 7.16. The van der Waals surface area contributed by atoms with Crippen LogP contribution in [0.3, 0.4) is 0 Å². The summed E-state index contributed by atoms with van der Waals surface area (Å²) in [6.45, 7) is 4.99. The van der Waals surface area contributed by atoms with Crippen LogP contribution in [0.4, 0.5) is 5.82 Å². The molecule has 8 heteroatoms. The Bertz CT molecular complexity index is 649. The average molecular weight is 486 g/mol. The number of halogens is 1. The van der Waals surface area contributed by atoms with Gasteiger partial charge in [-0.2, -0.15) is 0 Å². The quantitative estimate of drug-likeness (QED) is 0.382. The third-order valence-electron chi connectivity index (χ3n) is 5.75. The summed E-state index contributed by atoms with van der Waals surface area (Å²) in [5.41, 5.74) is 1.22. The second-order valence-electron chi connectivity index (χ2n) is 7.60. The van der Waals surface area contributed by atoms with Crippen LogP contribution >= 0.6 is 24.0 Å². The van der Waals surface area contributed by atoms with Gasteiger partial charge in [0.25, 0.3) is 0 Å². The van der Waals surface area contributed by atoms with E-state index in [1.165, 1.54) is 12.0 Å². The number of anilines is 1. The van der Waals surface area contributed by atoms with Crippen molar-refractivity contribution in [2.45, 2.75) is 44.1 Å². The van der Waals surface area contributed by atoms with Crippen LogP contribution < -0.4 is 15.5 Å². The lowest BCUT2D eigenvalue weighted by Gasteiger charge is -2.33. The summed E-state index contributed by atoms with van der Waals surface area (Å²) in [6, 6.07) is 4.64. The zero-order chi connectivity index (χ0) is 17.9. The van der Waals surface area contributed by atoms with Crippen molar-refractivity contribution in [1.29, 1.82) is 0 Å². The lowest BCUT2D eigenvalue weighted by molar-refractivity contribution is 0.0992. The van der Waals surface area contributed by atoms with Crippen LogP contribution in [-0.4, -0.2) is 74.4 Å². The number of aromatic nitrogens is 1. The Morgan fingerprint density at radius 2 is 2.11 bits per heavy atom. The number of rotatable bonds is 4. The van der Waals surface area contributed by atoms with E-state index in [0.29, 0.717) is 18.2 Å². The summed E-state index contributed by atoms with van der Waals surface area (Å²) in [5, 5.41) is 6.97. The molecule has 4 rings (SSSR count). The normalized spacial score (nSPS) is 28.1. The highest BCUT2D eigenvalue weighted by atomic mass is 127. The molecule has 2 N–H and O–H groups in total. The second-order valence-corrected chi connectivity index (χ2v) is 7.60. The monoisotopic (exact) mass is 486 g/mol. The molecular weight excluding hydrogens is 455 g/mol. The van der Waals surface area contributed by atoms with E-state index in [1.54, 1.807) is 0 Å². The van der Waals surface area contributed by atoms with E-state index in [4.69, 9.17) is 4.74 Å². The molecule has 3 aliphatic rings. The molecule has 0 aromatic carbocycles. The number of ether oxygens (including phenoxy) is 1. The van der Waals surface area contributed by atoms with Gasteiger partial charge >= 0.3 is 0 Å². The number of nitrogens with one attached hydrogen (secondary N) is 2. The number of pyridine rings is 1. The maximum Gasteiger partial charge on any atom is 0.191 e. The minimum atomic E-state index is 0. The molecule has 3 unspecified atom stereocenters. The fourth-order valence-electron chi connectivity index (χ4n) is 4.12. The van der Waals surface area contributed by atoms with Gasteiger partial charge in [-0.3, -0.25) is 4.99 Å². The van der Waals surface area contributed by atoms with Gasteiger partial charge < -0.3 is 25.2 Å². The number of fused-ring (bicyclic) bond motifs is 2. The van der Waals surface area contributed by atoms with Crippen molar-refractivity contribution in [2.75, 3.05) is 45.2 Å². The molecule has 27 heavy (non-hydrogen) atoms. The highest BCUT2D eigenvalue weighted by Gasteiger charge is 2.41. The summed E-state index contributed by atoms with van der Waals surface area (Å²) in [5.74, 6) is 1.92. The first-order valence-corrected chi connectivity index (χ1v) is 9.72. The predicted molar refractivity (Wildman–Crippen MR) is 119 cm³/mol. The Hall–Kier alpha value is -1.13. The third-order valence-corrected chi connectivity index (χ3v) is 5.75. The number of likely N-dealkylation sites (N-methyl/N-ethyl adjacent to an activating group) is 1. The molecule has 3 saturated heterocycles. The van der Waals surface area contributed by atoms with Gasteiger partial charge in [0.1, 0.15) is 5.82 Å².